The van der Waals surface area contributed by atoms with Gasteiger partial charge in [-0.3, -0.25) is 4.79 Å². The number of fused-ring (bicyclic) bond motifs is 1. The summed E-state index contributed by atoms with van der Waals surface area (Å²) in [6.45, 7) is 1.33. The molecule has 0 atom stereocenters. The molecule has 0 saturated carbocycles. The zero-order valence-corrected chi connectivity index (χ0v) is 11.3. The first-order valence-electron chi connectivity index (χ1n) is 5.46. The lowest BCUT2D eigenvalue weighted by Crippen LogP contribution is -2.36. The average Bonchev–Trinajstić information content (AvgIpc) is 2.71. The van der Waals surface area contributed by atoms with Gasteiger partial charge in [0.05, 0.1) is 5.75 Å². The molecule has 0 fully saturated rings. The van der Waals surface area contributed by atoms with Gasteiger partial charge >= 0.3 is 0 Å². The first kappa shape index (κ1) is 12.6. The van der Waals surface area contributed by atoms with Gasteiger partial charge in [0.1, 0.15) is 9.84 Å². The summed E-state index contributed by atoms with van der Waals surface area (Å²) in [6.07, 6.45) is 2.14. The first-order chi connectivity index (χ1) is 7.96. The summed E-state index contributed by atoms with van der Waals surface area (Å²) in [5, 5.41) is 2.04. The van der Waals surface area contributed by atoms with Gasteiger partial charge in [0.2, 0.25) is 5.91 Å². The summed E-state index contributed by atoms with van der Waals surface area (Å²) in [6, 6.07) is 2.04. The second-order valence-corrected chi connectivity index (χ2v) is 7.57. The number of sulfone groups is 1. The molecular weight excluding hydrogens is 258 g/mol. The van der Waals surface area contributed by atoms with Crippen molar-refractivity contribution in [3.05, 3.63) is 21.9 Å². The van der Waals surface area contributed by atoms with Crippen LogP contribution in [0.3, 0.4) is 0 Å². The average molecular weight is 273 g/mol. The molecule has 0 saturated heterocycles. The largest absolute Gasteiger partial charge is 0.338 e. The molecule has 0 unspecified atom stereocenters. The lowest BCUT2D eigenvalue weighted by Gasteiger charge is -2.27. The van der Waals surface area contributed by atoms with E-state index in [1.807, 2.05) is 11.4 Å². The van der Waals surface area contributed by atoms with Crippen molar-refractivity contribution in [2.24, 2.45) is 0 Å². The van der Waals surface area contributed by atoms with Crippen LogP contribution in [0.2, 0.25) is 0 Å². The predicted octanol–water partition coefficient (Wildman–Crippen LogP) is 1.07. The molecule has 0 radical (unpaired) electrons. The van der Waals surface area contributed by atoms with Crippen molar-refractivity contribution in [3.63, 3.8) is 0 Å². The number of carbonyl (C=O) groups excluding carboxylic acids is 1. The molecule has 1 amide bonds. The summed E-state index contributed by atoms with van der Waals surface area (Å²) in [4.78, 5) is 14.9. The quantitative estimate of drug-likeness (QED) is 0.827. The second-order valence-electron chi connectivity index (χ2n) is 4.31. The normalized spacial score (nSPS) is 15.7. The van der Waals surface area contributed by atoms with Gasteiger partial charge in [-0.25, -0.2) is 8.42 Å². The monoisotopic (exact) mass is 273 g/mol. The standard InChI is InChI=1S/C11H15NO3S2/c1-17(14,15)7-4-11(13)12-5-2-10-9(8-12)3-6-16-10/h3,6H,2,4-5,7-8H2,1H3. The van der Waals surface area contributed by atoms with Gasteiger partial charge in [-0.2, -0.15) is 0 Å². The van der Waals surface area contributed by atoms with Crippen molar-refractivity contribution in [1.29, 1.82) is 0 Å². The summed E-state index contributed by atoms with van der Waals surface area (Å²) in [5.74, 6) is -0.119. The Bertz CT molecular complexity index is 519. The summed E-state index contributed by atoms with van der Waals surface area (Å²) in [7, 11) is -3.05. The molecule has 4 nitrogen and oxygen atoms in total. The summed E-state index contributed by atoms with van der Waals surface area (Å²) >= 11 is 1.72. The molecule has 0 N–H and O–H groups in total. The Balaban J connectivity index is 1.94. The van der Waals surface area contributed by atoms with Crippen molar-refractivity contribution in [3.8, 4) is 0 Å². The van der Waals surface area contributed by atoms with E-state index in [9.17, 15) is 13.2 Å². The van der Waals surface area contributed by atoms with E-state index < -0.39 is 9.84 Å². The number of rotatable bonds is 3. The minimum atomic E-state index is -3.05. The van der Waals surface area contributed by atoms with E-state index in [0.717, 1.165) is 12.7 Å². The Morgan fingerprint density at radius 2 is 2.29 bits per heavy atom. The third kappa shape index (κ3) is 3.29. The Morgan fingerprint density at radius 3 is 3.00 bits per heavy atom. The van der Waals surface area contributed by atoms with Gasteiger partial charge in [0.15, 0.2) is 0 Å². The fraction of sp³-hybridized carbons (Fsp3) is 0.545. The molecule has 1 aliphatic heterocycles. The molecule has 17 heavy (non-hydrogen) atoms. The third-order valence-corrected chi connectivity index (χ3v) is 4.82. The van der Waals surface area contributed by atoms with Crippen LogP contribution in [0, 0.1) is 0 Å². The summed E-state index contributed by atoms with van der Waals surface area (Å²) in [5.41, 5.74) is 1.20. The highest BCUT2D eigenvalue weighted by Gasteiger charge is 2.21. The Labute approximate surface area is 105 Å². The zero-order valence-electron chi connectivity index (χ0n) is 9.68. The highest BCUT2D eigenvalue weighted by molar-refractivity contribution is 7.90. The van der Waals surface area contributed by atoms with E-state index >= 15 is 0 Å². The summed E-state index contributed by atoms with van der Waals surface area (Å²) < 4.78 is 22.0. The van der Waals surface area contributed by atoms with Crippen LogP contribution in [0.5, 0.6) is 0 Å². The Hall–Kier alpha value is -0.880. The smallest absolute Gasteiger partial charge is 0.223 e. The molecule has 2 rings (SSSR count). The van der Waals surface area contributed by atoms with Crippen LogP contribution in [0.25, 0.3) is 0 Å². The van der Waals surface area contributed by atoms with Crippen LogP contribution in [0.4, 0.5) is 0 Å². The molecule has 1 aromatic rings. The van der Waals surface area contributed by atoms with Gasteiger partial charge < -0.3 is 4.90 Å². The van der Waals surface area contributed by atoms with Gasteiger partial charge in [-0.1, -0.05) is 0 Å². The number of hydrogen-bond donors (Lipinski definition) is 0. The molecular formula is C11H15NO3S2. The first-order valence-corrected chi connectivity index (χ1v) is 8.40. The van der Waals surface area contributed by atoms with Crippen molar-refractivity contribution in [2.45, 2.75) is 19.4 Å². The van der Waals surface area contributed by atoms with E-state index in [1.54, 1.807) is 16.2 Å². The molecule has 1 aliphatic rings. The minimum Gasteiger partial charge on any atom is -0.338 e. The van der Waals surface area contributed by atoms with Crippen LogP contribution >= 0.6 is 11.3 Å². The van der Waals surface area contributed by atoms with E-state index in [2.05, 4.69) is 0 Å². The fourth-order valence-electron chi connectivity index (χ4n) is 1.89. The van der Waals surface area contributed by atoms with E-state index in [0.29, 0.717) is 13.1 Å². The Morgan fingerprint density at radius 1 is 1.53 bits per heavy atom. The zero-order chi connectivity index (χ0) is 12.5. The van der Waals surface area contributed by atoms with Crippen LogP contribution < -0.4 is 0 Å². The molecule has 0 aliphatic carbocycles. The van der Waals surface area contributed by atoms with Crippen LogP contribution in [-0.4, -0.2) is 37.8 Å². The predicted molar refractivity (Wildman–Crippen MR) is 67.8 cm³/mol. The number of nitrogens with zero attached hydrogens (tertiary/aromatic N) is 1. The van der Waals surface area contributed by atoms with E-state index in [1.165, 1.54) is 10.4 Å². The lowest BCUT2D eigenvalue weighted by atomic mass is 10.1. The van der Waals surface area contributed by atoms with Crippen molar-refractivity contribution in [2.75, 3.05) is 18.6 Å². The van der Waals surface area contributed by atoms with E-state index in [4.69, 9.17) is 0 Å². The molecule has 94 valence electrons. The SMILES string of the molecule is CS(=O)(=O)CCC(=O)N1CCc2sccc2C1. The minimum absolute atomic E-state index is 0.0567. The Kier molecular flexibility index (Phi) is 3.53. The maximum absolute atomic E-state index is 11.8. The highest BCUT2D eigenvalue weighted by Crippen LogP contribution is 2.24. The lowest BCUT2D eigenvalue weighted by molar-refractivity contribution is -0.131. The second kappa shape index (κ2) is 4.78. The molecule has 6 heteroatoms. The van der Waals surface area contributed by atoms with Crippen LogP contribution in [0.15, 0.2) is 11.4 Å². The topological polar surface area (TPSA) is 54.5 Å². The molecule has 0 bridgehead atoms. The highest BCUT2D eigenvalue weighted by atomic mass is 32.2. The van der Waals surface area contributed by atoms with Crippen molar-refractivity contribution < 1.29 is 13.2 Å². The van der Waals surface area contributed by atoms with Gasteiger partial charge in [-0.15, -0.1) is 11.3 Å². The molecule has 0 spiro atoms. The van der Waals surface area contributed by atoms with Crippen LogP contribution in [0.1, 0.15) is 16.9 Å². The van der Waals surface area contributed by atoms with Gasteiger partial charge in [0, 0.05) is 30.6 Å². The van der Waals surface area contributed by atoms with Crippen molar-refractivity contribution in [1.82, 2.24) is 4.90 Å². The number of amides is 1. The fourth-order valence-corrected chi connectivity index (χ4v) is 3.33. The van der Waals surface area contributed by atoms with Crippen LogP contribution in [-0.2, 0) is 27.6 Å². The van der Waals surface area contributed by atoms with Crippen molar-refractivity contribution >= 4 is 27.1 Å². The maximum atomic E-state index is 11.8. The number of thiophene rings is 1. The number of hydrogen-bond acceptors (Lipinski definition) is 4. The molecule has 0 aromatic carbocycles. The maximum Gasteiger partial charge on any atom is 0.223 e. The molecule has 1 aromatic heterocycles. The molecule has 2 heterocycles. The van der Waals surface area contributed by atoms with Gasteiger partial charge in [-0.05, 0) is 23.4 Å². The van der Waals surface area contributed by atoms with E-state index in [-0.39, 0.29) is 18.1 Å². The third-order valence-electron chi connectivity index (χ3n) is 2.85. The van der Waals surface area contributed by atoms with Gasteiger partial charge in [0.25, 0.3) is 0 Å². The number of carbonyl (C=O) groups is 1.